The van der Waals surface area contributed by atoms with E-state index in [4.69, 9.17) is 9.47 Å². The van der Waals surface area contributed by atoms with Gasteiger partial charge < -0.3 is 14.4 Å². The largest absolute Gasteiger partial charge is 0.377 e. The molecule has 2 heterocycles. The van der Waals surface area contributed by atoms with E-state index in [1.807, 2.05) is 30.3 Å². The number of nitriles is 1. The summed E-state index contributed by atoms with van der Waals surface area (Å²) < 4.78 is 10.9. The van der Waals surface area contributed by atoms with Gasteiger partial charge in [-0.15, -0.1) is 0 Å². The normalized spacial score (nSPS) is 21.7. The average Bonchev–Trinajstić information content (AvgIpc) is 2.96. The van der Waals surface area contributed by atoms with E-state index in [0.717, 1.165) is 10.9 Å². The average molecular weight is 283 g/mol. The molecular formula is C16H17N3O2. The highest BCUT2D eigenvalue weighted by molar-refractivity contribution is 5.83. The quantitative estimate of drug-likeness (QED) is 0.861. The maximum atomic E-state index is 9.41. The number of methoxy groups -OCH3 is 2. The summed E-state index contributed by atoms with van der Waals surface area (Å²) in [5.74, 6) is 0.706. The molecule has 108 valence electrons. The molecule has 1 aliphatic rings. The Morgan fingerprint density at radius 2 is 1.86 bits per heavy atom. The van der Waals surface area contributed by atoms with Gasteiger partial charge in [0.1, 0.15) is 24.1 Å². The third-order valence-electron chi connectivity index (χ3n) is 3.94. The molecule has 2 atom stereocenters. The lowest BCUT2D eigenvalue weighted by Crippen LogP contribution is -2.27. The van der Waals surface area contributed by atoms with Crippen molar-refractivity contribution in [3.05, 3.63) is 35.9 Å². The van der Waals surface area contributed by atoms with Crippen molar-refractivity contribution in [2.45, 2.75) is 12.2 Å². The zero-order valence-corrected chi connectivity index (χ0v) is 12.1. The lowest BCUT2D eigenvalue weighted by atomic mass is 10.1. The molecule has 0 aliphatic carbocycles. The van der Waals surface area contributed by atoms with E-state index in [2.05, 4.69) is 16.0 Å². The second-order valence-corrected chi connectivity index (χ2v) is 5.12. The van der Waals surface area contributed by atoms with Crippen molar-refractivity contribution < 1.29 is 9.47 Å². The van der Waals surface area contributed by atoms with Gasteiger partial charge in [0, 0.05) is 32.7 Å². The fourth-order valence-electron chi connectivity index (χ4n) is 2.80. The summed E-state index contributed by atoms with van der Waals surface area (Å²) in [6.07, 6.45) is -0.00961. The van der Waals surface area contributed by atoms with Gasteiger partial charge in [-0.1, -0.05) is 18.2 Å². The summed E-state index contributed by atoms with van der Waals surface area (Å²) in [4.78, 5) is 6.72. The summed E-state index contributed by atoms with van der Waals surface area (Å²) in [6, 6.07) is 12.0. The lowest BCUT2D eigenvalue weighted by molar-refractivity contribution is -0.00461. The predicted molar refractivity (Wildman–Crippen MR) is 80.3 cm³/mol. The molecule has 1 fully saturated rings. The summed E-state index contributed by atoms with van der Waals surface area (Å²) in [5, 5.41) is 10.4. The van der Waals surface area contributed by atoms with Gasteiger partial charge in [-0.3, -0.25) is 0 Å². The number of ether oxygens (including phenoxy) is 2. The van der Waals surface area contributed by atoms with Crippen molar-refractivity contribution in [2.24, 2.45) is 0 Å². The number of nitrogens with zero attached hydrogens (tertiary/aromatic N) is 3. The molecular weight excluding hydrogens is 266 g/mol. The molecule has 0 radical (unpaired) electrons. The molecule has 5 nitrogen and oxygen atoms in total. The van der Waals surface area contributed by atoms with Crippen LogP contribution in [0.25, 0.3) is 10.9 Å². The van der Waals surface area contributed by atoms with E-state index in [1.54, 1.807) is 14.2 Å². The predicted octanol–water partition coefficient (Wildman–Crippen LogP) is 1.96. The number of benzene rings is 1. The molecule has 5 heteroatoms. The number of hydrogen-bond donors (Lipinski definition) is 0. The highest BCUT2D eigenvalue weighted by atomic mass is 16.5. The molecule has 2 unspecified atom stereocenters. The number of rotatable bonds is 3. The number of anilines is 1. The van der Waals surface area contributed by atoms with Crippen LogP contribution in [0.5, 0.6) is 0 Å². The first-order chi connectivity index (χ1) is 10.3. The van der Waals surface area contributed by atoms with Crippen LogP contribution in [0, 0.1) is 11.3 Å². The number of para-hydroxylation sites is 1. The molecule has 21 heavy (non-hydrogen) atoms. The number of hydrogen-bond acceptors (Lipinski definition) is 5. The van der Waals surface area contributed by atoms with Crippen LogP contribution in [-0.4, -0.2) is 44.5 Å². The first-order valence-corrected chi connectivity index (χ1v) is 6.87. The van der Waals surface area contributed by atoms with Crippen LogP contribution in [0.4, 0.5) is 5.82 Å². The Kier molecular flexibility index (Phi) is 3.74. The van der Waals surface area contributed by atoms with Gasteiger partial charge in [-0.05, 0) is 12.1 Å². The molecule has 1 aromatic carbocycles. The standard InChI is InChI=1S/C16H17N3O2/c1-20-14-9-19(10-15(14)21-2)16-12(8-17)7-11-5-3-4-6-13(11)18-16/h3-7,14-15H,9-10H2,1-2H3. The molecule has 3 rings (SSSR count). The number of aromatic nitrogens is 1. The zero-order valence-electron chi connectivity index (χ0n) is 12.1. The van der Waals surface area contributed by atoms with Gasteiger partial charge in [0.25, 0.3) is 0 Å². The lowest BCUT2D eigenvalue weighted by Gasteiger charge is -2.18. The monoisotopic (exact) mass is 283 g/mol. The molecule has 0 amide bonds. The van der Waals surface area contributed by atoms with Crippen molar-refractivity contribution in [3.63, 3.8) is 0 Å². The van der Waals surface area contributed by atoms with Crippen LogP contribution in [-0.2, 0) is 9.47 Å². The SMILES string of the molecule is COC1CN(c2nc3ccccc3cc2C#N)CC1OC. The Morgan fingerprint density at radius 3 is 2.48 bits per heavy atom. The van der Waals surface area contributed by atoms with Crippen molar-refractivity contribution in [1.82, 2.24) is 4.98 Å². The van der Waals surface area contributed by atoms with E-state index in [9.17, 15) is 5.26 Å². The summed E-state index contributed by atoms with van der Waals surface area (Å²) >= 11 is 0. The van der Waals surface area contributed by atoms with Gasteiger partial charge in [0.15, 0.2) is 0 Å². The van der Waals surface area contributed by atoms with E-state index < -0.39 is 0 Å². The van der Waals surface area contributed by atoms with E-state index in [1.165, 1.54) is 0 Å². The summed E-state index contributed by atoms with van der Waals surface area (Å²) in [6.45, 7) is 1.35. The minimum atomic E-state index is -0.00480. The molecule has 1 aromatic heterocycles. The van der Waals surface area contributed by atoms with Crippen molar-refractivity contribution in [2.75, 3.05) is 32.2 Å². The maximum absolute atomic E-state index is 9.41. The summed E-state index contributed by atoms with van der Waals surface area (Å²) in [5.41, 5.74) is 1.47. The zero-order chi connectivity index (χ0) is 14.8. The van der Waals surface area contributed by atoms with Gasteiger partial charge in [0.2, 0.25) is 0 Å². The first-order valence-electron chi connectivity index (χ1n) is 6.87. The number of pyridine rings is 1. The van der Waals surface area contributed by atoms with Crippen LogP contribution in [0.2, 0.25) is 0 Å². The van der Waals surface area contributed by atoms with E-state index >= 15 is 0 Å². The molecule has 0 N–H and O–H groups in total. The number of fused-ring (bicyclic) bond motifs is 1. The second kappa shape index (κ2) is 5.68. The molecule has 2 aromatic rings. The van der Waals surface area contributed by atoms with Crippen molar-refractivity contribution in [1.29, 1.82) is 5.26 Å². The molecule has 1 aliphatic heterocycles. The van der Waals surface area contributed by atoms with Crippen LogP contribution >= 0.6 is 0 Å². The Bertz CT molecular complexity index is 683. The first kappa shape index (κ1) is 13.8. The second-order valence-electron chi connectivity index (χ2n) is 5.12. The van der Waals surface area contributed by atoms with E-state index in [-0.39, 0.29) is 12.2 Å². The molecule has 0 saturated carbocycles. The van der Waals surface area contributed by atoms with Crippen LogP contribution < -0.4 is 4.90 Å². The van der Waals surface area contributed by atoms with Gasteiger partial charge in [-0.2, -0.15) is 5.26 Å². The highest BCUT2D eigenvalue weighted by Crippen LogP contribution is 2.27. The van der Waals surface area contributed by atoms with Gasteiger partial charge in [0.05, 0.1) is 11.1 Å². The van der Waals surface area contributed by atoms with Gasteiger partial charge in [-0.25, -0.2) is 4.98 Å². The molecule has 0 spiro atoms. The third kappa shape index (κ3) is 2.44. The fourth-order valence-corrected chi connectivity index (χ4v) is 2.80. The highest BCUT2D eigenvalue weighted by Gasteiger charge is 2.34. The molecule has 1 saturated heterocycles. The smallest absolute Gasteiger partial charge is 0.147 e. The van der Waals surface area contributed by atoms with Crippen molar-refractivity contribution in [3.8, 4) is 6.07 Å². The van der Waals surface area contributed by atoms with Crippen LogP contribution in [0.3, 0.4) is 0 Å². The molecule has 0 bridgehead atoms. The van der Waals surface area contributed by atoms with Crippen LogP contribution in [0.15, 0.2) is 30.3 Å². The van der Waals surface area contributed by atoms with E-state index in [0.29, 0.717) is 24.5 Å². The topological polar surface area (TPSA) is 58.4 Å². The minimum Gasteiger partial charge on any atom is -0.377 e. The summed E-state index contributed by atoms with van der Waals surface area (Å²) in [7, 11) is 3.36. The van der Waals surface area contributed by atoms with Gasteiger partial charge >= 0.3 is 0 Å². The Morgan fingerprint density at radius 1 is 1.19 bits per heavy atom. The Labute approximate surface area is 123 Å². The van der Waals surface area contributed by atoms with Crippen molar-refractivity contribution >= 4 is 16.7 Å². The minimum absolute atomic E-state index is 0.00480. The van der Waals surface area contributed by atoms with Crippen LogP contribution in [0.1, 0.15) is 5.56 Å². The Hall–Kier alpha value is -2.16. The maximum Gasteiger partial charge on any atom is 0.147 e. The fraction of sp³-hybridized carbons (Fsp3) is 0.375. The Balaban J connectivity index is 2.02. The third-order valence-corrected chi connectivity index (χ3v) is 3.94.